The van der Waals surface area contributed by atoms with Crippen LogP contribution in [0.3, 0.4) is 0 Å². The Hall–Kier alpha value is -1.32. The summed E-state index contributed by atoms with van der Waals surface area (Å²) in [5.74, 6) is 1.01. The van der Waals surface area contributed by atoms with Crippen molar-refractivity contribution in [3.8, 4) is 5.88 Å². The van der Waals surface area contributed by atoms with E-state index in [1.165, 1.54) is 0 Å². The number of nitrogen functional groups attached to an aromatic ring is 1. The minimum Gasteiger partial charge on any atom is -0.478 e. The van der Waals surface area contributed by atoms with Gasteiger partial charge in [0.2, 0.25) is 11.8 Å². The Labute approximate surface area is 77.1 Å². The third-order valence-corrected chi connectivity index (χ3v) is 2.19. The zero-order chi connectivity index (χ0) is 9.26. The van der Waals surface area contributed by atoms with Crippen molar-refractivity contribution < 1.29 is 4.74 Å². The molecule has 0 unspecified atom stereocenters. The van der Waals surface area contributed by atoms with Crippen LogP contribution in [0.2, 0.25) is 0 Å². The van der Waals surface area contributed by atoms with E-state index in [0.29, 0.717) is 18.4 Å². The van der Waals surface area contributed by atoms with Gasteiger partial charge in [-0.2, -0.15) is 4.98 Å². The van der Waals surface area contributed by atoms with Gasteiger partial charge in [-0.05, 0) is 26.2 Å². The van der Waals surface area contributed by atoms with E-state index in [1.54, 1.807) is 0 Å². The van der Waals surface area contributed by atoms with Crippen LogP contribution in [0.5, 0.6) is 5.88 Å². The summed E-state index contributed by atoms with van der Waals surface area (Å²) in [6.45, 7) is 2.57. The Balaban J connectivity index is 2.43. The molecule has 0 spiro atoms. The van der Waals surface area contributed by atoms with E-state index in [1.807, 2.05) is 6.92 Å². The molecule has 0 amide bonds. The predicted molar refractivity (Wildman–Crippen MR) is 49.6 cm³/mol. The van der Waals surface area contributed by atoms with E-state index >= 15 is 0 Å². The molecule has 0 bridgehead atoms. The summed E-state index contributed by atoms with van der Waals surface area (Å²) in [6.07, 6.45) is 3.15. The Bertz CT molecular complexity index is 325. The summed E-state index contributed by atoms with van der Waals surface area (Å²) in [5.41, 5.74) is 7.77. The molecule has 1 aromatic heterocycles. The molecule has 0 aromatic carbocycles. The highest BCUT2D eigenvalue weighted by Gasteiger charge is 2.19. The van der Waals surface area contributed by atoms with Gasteiger partial charge in [0.15, 0.2) is 0 Å². The first-order valence-corrected chi connectivity index (χ1v) is 4.59. The normalized spacial score (nSPS) is 14.2. The zero-order valence-corrected chi connectivity index (χ0v) is 7.71. The summed E-state index contributed by atoms with van der Waals surface area (Å²) in [4.78, 5) is 8.26. The lowest BCUT2D eigenvalue weighted by Gasteiger charge is -2.07. The third kappa shape index (κ3) is 1.43. The number of anilines is 1. The standard InChI is InChI=1S/C9H13N3O/c1-2-13-8-6-4-3-5-7(6)11-9(10)12-8/h2-5H2,1H3,(H2,10,11,12). The van der Waals surface area contributed by atoms with Gasteiger partial charge >= 0.3 is 0 Å². The summed E-state index contributed by atoms with van der Waals surface area (Å²) in [6, 6.07) is 0. The van der Waals surface area contributed by atoms with Crippen molar-refractivity contribution >= 4 is 5.95 Å². The summed E-state index contributed by atoms with van der Waals surface area (Å²) in [7, 11) is 0. The van der Waals surface area contributed by atoms with Crippen LogP contribution in [0.25, 0.3) is 0 Å². The molecule has 0 saturated heterocycles. The van der Waals surface area contributed by atoms with Gasteiger partial charge in [0, 0.05) is 5.56 Å². The van der Waals surface area contributed by atoms with E-state index in [-0.39, 0.29) is 0 Å². The second-order valence-electron chi connectivity index (χ2n) is 3.10. The van der Waals surface area contributed by atoms with Crippen LogP contribution in [0, 0.1) is 0 Å². The lowest BCUT2D eigenvalue weighted by molar-refractivity contribution is 0.323. The molecule has 1 aliphatic carbocycles. The minimum absolute atomic E-state index is 0.323. The summed E-state index contributed by atoms with van der Waals surface area (Å²) < 4.78 is 5.40. The molecule has 70 valence electrons. The molecule has 0 fully saturated rings. The van der Waals surface area contributed by atoms with Gasteiger partial charge in [0.05, 0.1) is 12.3 Å². The van der Waals surface area contributed by atoms with Gasteiger partial charge in [0.25, 0.3) is 0 Å². The van der Waals surface area contributed by atoms with Crippen LogP contribution in [0.1, 0.15) is 24.6 Å². The highest BCUT2D eigenvalue weighted by molar-refractivity contribution is 5.38. The van der Waals surface area contributed by atoms with Crippen molar-refractivity contribution in [1.29, 1.82) is 0 Å². The number of nitrogens with two attached hydrogens (primary N) is 1. The fourth-order valence-corrected chi connectivity index (χ4v) is 1.67. The average Bonchev–Trinajstić information content (AvgIpc) is 2.52. The number of aromatic nitrogens is 2. The van der Waals surface area contributed by atoms with E-state index in [4.69, 9.17) is 10.5 Å². The maximum Gasteiger partial charge on any atom is 0.223 e. The number of nitrogens with zero attached hydrogens (tertiary/aromatic N) is 2. The first-order chi connectivity index (χ1) is 6.31. The number of ether oxygens (including phenoxy) is 1. The third-order valence-electron chi connectivity index (χ3n) is 2.19. The molecule has 4 heteroatoms. The number of hydrogen-bond acceptors (Lipinski definition) is 4. The molecule has 0 saturated carbocycles. The van der Waals surface area contributed by atoms with E-state index in [2.05, 4.69) is 9.97 Å². The van der Waals surface area contributed by atoms with E-state index < -0.39 is 0 Å². The summed E-state index contributed by atoms with van der Waals surface area (Å²) >= 11 is 0. The molecule has 1 heterocycles. The molecule has 0 aliphatic heterocycles. The molecule has 1 aliphatic rings. The molecule has 2 rings (SSSR count). The number of fused-ring (bicyclic) bond motifs is 1. The van der Waals surface area contributed by atoms with Crippen LogP contribution < -0.4 is 10.5 Å². The van der Waals surface area contributed by atoms with Gasteiger partial charge < -0.3 is 10.5 Å². The van der Waals surface area contributed by atoms with Crippen molar-refractivity contribution in [1.82, 2.24) is 9.97 Å². The highest BCUT2D eigenvalue weighted by atomic mass is 16.5. The fourth-order valence-electron chi connectivity index (χ4n) is 1.67. The van der Waals surface area contributed by atoms with Gasteiger partial charge in [-0.15, -0.1) is 0 Å². The van der Waals surface area contributed by atoms with Crippen LogP contribution in [0.4, 0.5) is 5.95 Å². The molecule has 1 aromatic rings. The van der Waals surface area contributed by atoms with Gasteiger partial charge in [-0.25, -0.2) is 4.98 Å². The second-order valence-corrected chi connectivity index (χ2v) is 3.10. The maximum absolute atomic E-state index is 5.56. The lowest BCUT2D eigenvalue weighted by atomic mass is 10.2. The molecule has 13 heavy (non-hydrogen) atoms. The van der Waals surface area contributed by atoms with Crippen molar-refractivity contribution in [2.75, 3.05) is 12.3 Å². The van der Waals surface area contributed by atoms with Crippen LogP contribution >= 0.6 is 0 Å². The quantitative estimate of drug-likeness (QED) is 0.734. The van der Waals surface area contributed by atoms with Crippen LogP contribution in [-0.4, -0.2) is 16.6 Å². The molecule has 0 atom stereocenters. The monoisotopic (exact) mass is 179 g/mol. The van der Waals surface area contributed by atoms with E-state index in [0.717, 1.165) is 30.5 Å². The van der Waals surface area contributed by atoms with Crippen LogP contribution in [0.15, 0.2) is 0 Å². The SMILES string of the molecule is CCOc1nc(N)nc2c1CCC2. The molecular weight excluding hydrogens is 166 g/mol. The smallest absolute Gasteiger partial charge is 0.223 e. The van der Waals surface area contributed by atoms with Crippen molar-refractivity contribution in [3.63, 3.8) is 0 Å². The largest absolute Gasteiger partial charge is 0.478 e. The molecule has 4 nitrogen and oxygen atoms in total. The maximum atomic E-state index is 5.56. The van der Waals surface area contributed by atoms with Gasteiger partial charge in [-0.3, -0.25) is 0 Å². The molecule has 0 radical (unpaired) electrons. The molecule has 2 N–H and O–H groups in total. The fraction of sp³-hybridized carbons (Fsp3) is 0.556. The van der Waals surface area contributed by atoms with Crippen molar-refractivity contribution in [2.45, 2.75) is 26.2 Å². The number of aryl methyl sites for hydroxylation is 1. The van der Waals surface area contributed by atoms with Crippen molar-refractivity contribution in [3.05, 3.63) is 11.3 Å². The van der Waals surface area contributed by atoms with Gasteiger partial charge in [0.1, 0.15) is 0 Å². The Kier molecular flexibility index (Phi) is 2.04. The average molecular weight is 179 g/mol. The van der Waals surface area contributed by atoms with Crippen molar-refractivity contribution in [2.24, 2.45) is 0 Å². The molecular formula is C9H13N3O. The zero-order valence-electron chi connectivity index (χ0n) is 7.71. The summed E-state index contributed by atoms with van der Waals surface area (Å²) in [5, 5.41) is 0. The topological polar surface area (TPSA) is 61.0 Å². The highest BCUT2D eigenvalue weighted by Crippen LogP contribution is 2.28. The Morgan fingerprint density at radius 1 is 1.38 bits per heavy atom. The first-order valence-electron chi connectivity index (χ1n) is 4.59. The van der Waals surface area contributed by atoms with E-state index in [9.17, 15) is 0 Å². The predicted octanol–water partition coefficient (Wildman–Crippen LogP) is 0.946. The lowest BCUT2D eigenvalue weighted by Crippen LogP contribution is -2.05. The van der Waals surface area contributed by atoms with Gasteiger partial charge in [-0.1, -0.05) is 0 Å². The Morgan fingerprint density at radius 2 is 2.23 bits per heavy atom. The van der Waals surface area contributed by atoms with Crippen LogP contribution in [-0.2, 0) is 12.8 Å². The Morgan fingerprint density at radius 3 is 3.00 bits per heavy atom. The minimum atomic E-state index is 0.323. The number of hydrogen-bond donors (Lipinski definition) is 1. The number of rotatable bonds is 2. The second kappa shape index (κ2) is 3.20. The first kappa shape index (κ1) is 8.29.